The highest BCUT2D eigenvalue weighted by Crippen LogP contribution is 2.37. The molecule has 0 saturated carbocycles. The monoisotopic (exact) mass is 309 g/mol. The van der Waals surface area contributed by atoms with Crippen LogP contribution in [0.2, 0.25) is 0 Å². The first-order valence-electron chi connectivity index (χ1n) is 6.35. The van der Waals surface area contributed by atoms with Gasteiger partial charge in [0.05, 0.1) is 5.41 Å². The molecule has 0 unspecified atom stereocenters. The maximum absolute atomic E-state index is 8.49. The minimum absolute atomic E-state index is 0.114. The first-order valence-corrected chi connectivity index (χ1v) is 7.58. The Kier molecular flexibility index (Phi) is 4.06. The zero-order valence-corrected chi connectivity index (χ0v) is 12.8. The van der Waals surface area contributed by atoms with E-state index in [1.165, 1.54) is 22.5 Å². The average Bonchev–Trinajstić information content (AvgIpc) is 2.57. The molecule has 1 aromatic heterocycles. The van der Waals surface area contributed by atoms with Crippen LogP contribution in [0.25, 0.3) is 5.69 Å². The van der Waals surface area contributed by atoms with Crippen molar-refractivity contribution in [3.8, 4) is 5.69 Å². The van der Waals surface area contributed by atoms with E-state index in [9.17, 15) is 0 Å². The summed E-state index contributed by atoms with van der Waals surface area (Å²) in [5.41, 5.74) is 5.56. The zero-order valence-electron chi connectivity index (χ0n) is 12.0. The summed E-state index contributed by atoms with van der Waals surface area (Å²) >= 11 is 0. The average molecular weight is 310 g/mol. The van der Waals surface area contributed by atoms with E-state index in [4.69, 9.17) is 18.6 Å². The fraction of sp³-hybridized carbons (Fsp3) is 0.267. The van der Waals surface area contributed by atoms with E-state index in [1.807, 2.05) is 0 Å². The lowest BCUT2D eigenvalue weighted by Gasteiger charge is -2.17. The quantitative estimate of drug-likeness (QED) is 0.534. The third-order valence-corrected chi connectivity index (χ3v) is 3.59. The summed E-state index contributed by atoms with van der Waals surface area (Å²) in [5.74, 6) is 0. The summed E-state index contributed by atoms with van der Waals surface area (Å²) in [6.45, 7) is 6.74. The van der Waals surface area contributed by atoms with Gasteiger partial charge in [0.15, 0.2) is 11.9 Å². The number of para-hydroxylation sites is 1. The molecular formula is C15H16ClNO4. The van der Waals surface area contributed by atoms with Gasteiger partial charge in [-0.25, -0.2) is 18.6 Å². The molecule has 0 fully saturated rings. The molecule has 0 atom stereocenters. The largest absolute Gasteiger partial charge is 0.222 e. The second kappa shape index (κ2) is 5.36. The molecule has 21 heavy (non-hydrogen) atoms. The fourth-order valence-corrected chi connectivity index (χ4v) is 2.65. The van der Waals surface area contributed by atoms with Crippen molar-refractivity contribution in [1.82, 2.24) is 0 Å². The molecule has 1 aromatic carbocycles. The van der Waals surface area contributed by atoms with Crippen LogP contribution in [-0.2, 0) is 5.41 Å². The van der Waals surface area contributed by atoms with Gasteiger partial charge in [-0.05, 0) is 26.3 Å². The van der Waals surface area contributed by atoms with Crippen LogP contribution in [0.1, 0.15) is 30.7 Å². The van der Waals surface area contributed by atoms with Crippen LogP contribution in [0.4, 0.5) is 0 Å². The van der Waals surface area contributed by atoms with Gasteiger partial charge in [-0.1, -0.05) is 18.2 Å². The molecule has 5 nitrogen and oxygen atoms in total. The molecule has 112 valence electrons. The zero-order chi connectivity index (χ0) is 15.8. The third-order valence-electron chi connectivity index (χ3n) is 3.59. The Bertz CT molecular complexity index is 659. The van der Waals surface area contributed by atoms with Crippen LogP contribution in [0, 0.1) is 17.2 Å². The van der Waals surface area contributed by atoms with E-state index in [0.717, 1.165) is 0 Å². The van der Waals surface area contributed by atoms with Crippen molar-refractivity contribution >= 4 is 0 Å². The number of rotatable bonds is 0. The van der Waals surface area contributed by atoms with Gasteiger partial charge in [0.2, 0.25) is 5.69 Å². The highest BCUT2D eigenvalue weighted by Gasteiger charge is 2.42. The number of aromatic nitrogens is 1. The van der Waals surface area contributed by atoms with E-state index in [-0.39, 0.29) is 5.41 Å². The minimum Gasteiger partial charge on any atom is -0.222 e. The maximum Gasteiger partial charge on any atom is 0.215 e. The summed E-state index contributed by atoms with van der Waals surface area (Å²) < 4.78 is 36.3. The number of aryl methyl sites for hydroxylation is 1. The molecule has 2 aromatic rings. The molecular weight excluding hydrogens is 294 g/mol. The second-order valence-corrected chi connectivity index (χ2v) is 6.24. The van der Waals surface area contributed by atoms with Gasteiger partial charge < -0.3 is 0 Å². The highest BCUT2D eigenvalue weighted by molar-refractivity contribution is 5.48. The van der Waals surface area contributed by atoms with Gasteiger partial charge in [-0.15, -0.1) is 10.2 Å². The maximum atomic E-state index is 8.49. The van der Waals surface area contributed by atoms with Gasteiger partial charge in [0.1, 0.15) is 0 Å². The Balaban J connectivity index is 0.000000282. The minimum atomic E-state index is -4.94. The molecule has 2 heterocycles. The lowest BCUT2D eigenvalue weighted by Crippen LogP contribution is -2.68. The van der Waals surface area contributed by atoms with Gasteiger partial charge in [-0.3, -0.25) is 0 Å². The summed E-state index contributed by atoms with van der Waals surface area (Å²) in [6.07, 6.45) is 2.18. The standard InChI is InChI=1S/C15H16N.ClHO4/c1-11-8-9-16-13-7-5-4-6-12(13)15(2,3)14(16)10-11;2-1(3,4)5/h4-10H,1-3H3;(H,2,3,4,5)/q+1;/p-1. The first kappa shape index (κ1) is 15.9. The Labute approximate surface area is 125 Å². The van der Waals surface area contributed by atoms with E-state index in [0.29, 0.717) is 0 Å². The molecule has 0 bridgehead atoms. The number of fused-ring (bicyclic) bond motifs is 3. The van der Waals surface area contributed by atoms with Crippen molar-refractivity contribution in [2.75, 3.05) is 0 Å². The van der Waals surface area contributed by atoms with Crippen molar-refractivity contribution < 1.29 is 33.4 Å². The van der Waals surface area contributed by atoms with E-state index >= 15 is 0 Å². The van der Waals surface area contributed by atoms with Crippen molar-refractivity contribution in [2.24, 2.45) is 0 Å². The molecule has 1 aliphatic heterocycles. The highest BCUT2D eigenvalue weighted by atomic mass is 35.7. The number of benzene rings is 1. The molecule has 0 saturated heterocycles. The van der Waals surface area contributed by atoms with Gasteiger partial charge in [-0.2, -0.15) is 4.57 Å². The first-order chi connectivity index (χ1) is 9.60. The van der Waals surface area contributed by atoms with Gasteiger partial charge >= 0.3 is 0 Å². The number of pyridine rings is 1. The Morgan fingerprint density at radius 3 is 2.19 bits per heavy atom. The third kappa shape index (κ3) is 3.40. The molecule has 0 spiro atoms. The molecule has 1 aliphatic rings. The van der Waals surface area contributed by atoms with Crippen LogP contribution in [0.15, 0.2) is 42.6 Å². The Hall–Kier alpha value is -1.50. The predicted octanol–water partition coefficient (Wildman–Crippen LogP) is -1.84. The number of nitrogens with zero attached hydrogens (tertiary/aromatic N) is 1. The van der Waals surface area contributed by atoms with Gasteiger partial charge in [0, 0.05) is 23.8 Å². The fourth-order valence-electron chi connectivity index (χ4n) is 2.65. The normalized spacial score (nSPS) is 14.8. The summed E-state index contributed by atoms with van der Waals surface area (Å²) in [7, 11) is -4.94. The van der Waals surface area contributed by atoms with E-state index < -0.39 is 10.2 Å². The number of hydrogen-bond donors (Lipinski definition) is 0. The predicted molar refractivity (Wildman–Crippen MR) is 64.8 cm³/mol. The Morgan fingerprint density at radius 2 is 1.57 bits per heavy atom. The number of hydrogen-bond acceptors (Lipinski definition) is 4. The van der Waals surface area contributed by atoms with Crippen molar-refractivity contribution in [1.29, 1.82) is 0 Å². The van der Waals surface area contributed by atoms with E-state index in [1.54, 1.807) is 0 Å². The van der Waals surface area contributed by atoms with Crippen LogP contribution < -0.4 is 23.2 Å². The Morgan fingerprint density at radius 1 is 1.00 bits per heavy atom. The van der Waals surface area contributed by atoms with Crippen LogP contribution >= 0.6 is 0 Å². The summed E-state index contributed by atoms with van der Waals surface area (Å²) in [6, 6.07) is 13.1. The van der Waals surface area contributed by atoms with Crippen LogP contribution in [0.3, 0.4) is 0 Å². The molecule has 0 radical (unpaired) electrons. The van der Waals surface area contributed by atoms with Crippen molar-refractivity contribution in [2.45, 2.75) is 26.2 Å². The number of halogens is 1. The smallest absolute Gasteiger partial charge is 0.215 e. The van der Waals surface area contributed by atoms with Crippen molar-refractivity contribution in [3.05, 3.63) is 59.4 Å². The lowest BCUT2D eigenvalue weighted by molar-refractivity contribution is -2.00. The molecule has 0 aliphatic carbocycles. The topological polar surface area (TPSA) is 96.1 Å². The molecule has 6 heteroatoms. The van der Waals surface area contributed by atoms with Crippen molar-refractivity contribution in [3.63, 3.8) is 0 Å². The van der Waals surface area contributed by atoms with Gasteiger partial charge in [0.25, 0.3) is 0 Å². The van der Waals surface area contributed by atoms with E-state index in [2.05, 4.69) is 67.9 Å². The summed E-state index contributed by atoms with van der Waals surface area (Å²) in [4.78, 5) is 0. The molecule has 3 rings (SSSR count). The van der Waals surface area contributed by atoms with Crippen LogP contribution in [-0.4, -0.2) is 0 Å². The second-order valence-electron chi connectivity index (χ2n) is 5.48. The summed E-state index contributed by atoms with van der Waals surface area (Å²) in [5, 5.41) is 0. The lowest BCUT2D eigenvalue weighted by atomic mass is 9.83. The molecule has 0 N–H and O–H groups in total. The van der Waals surface area contributed by atoms with Crippen LogP contribution in [0.5, 0.6) is 0 Å². The SMILES string of the molecule is Cc1cc[n+]2c(c1)C(C)(C)c1ccccc1-2.[O-][Cl+3]([O-])([O-])[O-]. The molecule has 0 amide bonds.